The minimum atomic E-state index is -1.36. The Morgan fingerprint density at radius 2 is 1.51 bits per heavy atom. The Bertz CT molecular complexity index is 806. The normalized spacial score (nSPS) is 13.9. The number of benzene rings is 1. The molecule has 0 heterocycles. The van der Waals surface area contributed by atoms with Crippen LogP contribution in [0.2, 0.25) is 0 Å². The number of carbonyl (C=O) groups is 4. The summed E-state index contributed by atoms with van der Waals surface area (Å²) in [5.74, 6) is -1.22. The van der Waals surface area contributed by atoms with Crippen molar-refractivity contribution in [2.24, 2.45) is 5.92 Å². The molecule has 0 amide bonds. The number of Topliss-reactive ketones (excluding diaryl/α,β-unsaturated/α-hetero) is 4. The first-order valence-electron chi connectivity index (χ1n) is 11.9. The third-order valence-electron chi connectivity index (χ3n) is 5.15. The largest absolute Gasteiger partial charge is 0.303 e. The third kappa shape index (κ3) is 13.9. The highest BCUT2D eigenvalue weighted by molar-refractivity contribution is 6.02. The molecular weight excluding hydrogens is 458 g/mol. The molecule has 0 spiro atoms. The van der Waals surface area contributed by atoms with Crippen molar-refractivity contribution in [3.05, 3.63) is 35.9 Å². The van der Waals surface area contributed by atoms with Crippen LogP contribution in [0.4, 0.5) is 8.78 Å². The van der Waals surface area contributed by atoms with Gasteiger partial charge in [0.05, 0.1) is 44.8 Å². The number of rotatable bonds is 20. The van der Waals surface area contributed by atoms with Crippen LogP contribution in [-0.4, -0.2) is 67.8 Å². The van der Waals surface area contributed by atoms with Gasteiger partial charge in [0.25, 0.3) is 0 Å². The van der Waals surface area contributed by atoms with E-state index in [1.807, 2.05) is 44.2 Å². The quantitative estimate of drug-likeness (QED) is 0.122. The maximum absolute atomic E-state index is 12.9. The molecule has 3 atom stereocenters. The van der Waals surface area contributed by atoms with Gasteiger partial charge < -0.3 is 5.32 Å². The summed E-state index contributed by atoms with van der Waals surface area (Å²) in [6, 6.07) is 7.84. The van der Waals surface area contributed by atoms with Gasteiger partial charge in [0.1, 0.15) is 12.1 Å². The van der Waals surface area contributed by atoms with E-state index in [9.17, 15) is 28.0 Å². The van der Waals surface area contributed by atoms with Crippen LogP contribution >= 0.6 is 0 Å². The molecule has 1 aromatic rings. The highest BCUT2D eigenvalue weighted by atomic mass is 19.1. The van der Waals surface area contributed by atoms with Crippen LogP contribution in [0.5, 0.6) is 0 Å². The van der Waals surface area contributed by atoms with E-state index in [0.717, 1.165) is 5.56 Å². The van der Waals surface area contributed by atoms with E-state index < -0.39 is 30.8 Å². The average Bonchev–Trinajstić information content (AvgIpc) is 2.79. The maximum atomic E-state index is 12.9. The molecule has 10 heteroatoms. The number of ketones is 4. The number of alkyl halides is 2. The molecule has 0 aliphatic carbocycles. The van der Waals surface area contributed by atoms with Gasteiger partial charge in [0.2, 0.25) is 0 Å². The van der Waals surface area contributed by atoms with Crippen molar-refractivity contribution in [2.75, 3.05) is 26.3 Å². The first-order chi connectivity index (χ1) is 16.6. The van der Waals surface area contributed by atoms with Crippen molar-refractivity contribution in [3.63, 3.8) is 0 Å². The molecule has 196 valence electrons. The van der Waals surface area contributed by atoms with Gasteiger partial charge in [-0.05, 0) is 31.2 Å². The minimum absolute atomic E-state index is 0.108. The fourth-order valence-electron chi connectivity index (χ4n) is 3.32. The molecular formula is C25H38F2N4O4. The summed E-state index contributed by atoms with van der Waals surface area (Å²) >= 11 is 0. The number of halogens is 2. The second kappa shape index (κ2) is 17.1. The molecule has 35 heavy (non-hydrogen) atoms. The average molecular weight is 497 g/mol. The molecule has 0 aliphatic rings. The lowest BCUT2D eigenvalue weighted by atomic mass is 9.97. The van der Waals surface area contributed by atoms with Gasteiger partial charge in [-0.2, -0.15) is 0 Å². The Morgan fingerprint density at radius 1 is 0.857 bits per heavy atom. The summed E-state index contributed by atoms with van der Waals surface area (Å²) in [5.41, 5.74) is 6.77. The molecule has 1 rings (SSSR count). The molecule has 0 saturated carbocycles. The van der Waals surface area contributed by atoms with Gasteiger partial charge >= 0.3 is 0 Å². The van der Waals surface area contributed by atoms with Crippen LogP contribution in [0.15, 0.2) is 30.3 Å². The Labute approximate surface area is 206 Å². The van der Waals surface area contributed by atoms with Gasteiger partial charge in [-0.1, -0.05) is 44.2 Å². The predicted octanol–water partition coefficient (Wildman–Crippen LogP) is 1.63. The van der Waals surface area contributed by atoms with Crippen molar-refractivity contribution in [2.45, 2.75) is 64.8 Å². The standard InChI is InChI=1S/C25H38F2N4O4/c1-17(2)11-22(24(34)13-21(33)15-29-18(3)27)30-31-23(12-19-7-5-4-6-8-19)25(35)16-28-14-20(32)9-10-26/h4-8,17-18,22-23,28-31H,9-16H2,1-3H3/t18?,22-,23-/m0/s1. The number of carbonyl (C=O) groups excluding carboxylic acids is 4. The third-order valence-corrected chi connectivity index (χ3v) is 5.15. The number of hydrogen-bond acceptors (Lipinski definition) is 8. The van der Waals surface area contributed by atoms with Crippen LogP contribution in [-0.2, 0) is 25.6 Å². The molecule has 1 unspecified atom stereocenters. The molecule has 0 bridgehead atoms. The van der Waals surface area contributed by atoms with E-state index in [0.29, 0.717) is 12.8 Å². The molecule has 8 nitrogen and oxygen atoms in total. The molecule has 0 aromatic heterocycles. The van der Waals surface area contributed by atoms with Gasteiger partial charge in [0.15, 0.2) is 17.3 Å². The lowest BCUT2D eigenvalue weighted by Crippen LogP contribution is -2.55. The van der Waals surface area contributed by atoms with Crippen molar-refractivity contribution in [1.82, 2.24) is 21.5 Å². The van der Waals surface area contributed by atoms with E-state index >= 15 is 0 Å². The van der Waals surface area contributed by atoms with E-state index in [1.165, 1.54) is 6.92 Å². The monoisotopic (exact) mass is 496 g/mol. The van der Waals surface area contributed by atoms with Gasteiger partial charge in [-0.3, -0.25) is 28.9 Å². The van der Waals surface area contributed by atoms with Crippen LogP contribution in [0.1, 0.15) is 45.6 Å². The molecule has 0 saturated heterocycles. The topological polar surface area (TPSA) is 116 Å². The predicted molar refractivity (Wildman–Crippen MR) is 130 cm³/mol. The zero-order valence-electron chi connectivity index (χ0n) is 20.7. The summed E-state index contributed by atoms with van der Waals surface area (Å²) in [6.07, 6.45) is -1.17. The summed E-state index contributed by atoms with van der Waals surface area (Å²) in [4.78, 5) is 49.2. The fourth-order valence-corrected chi connectivity index (χ4v) is 3.32. The lowest BCUT2D eigenvalue weighted by Gasteiger charge is -2.24. The molecule has 0 fully saturated rings. The van der Waals surface area contributed by atoms with E-state index in [4.69, 9.17) is 0 Å². The first kappa shape index (κ1) is 30.6. The van der Waals surface area contributed by atoms with Crippen LogP contribution in [0.3, 0.4) is 0 Å². The van der Waals surface area contributed by atoms with Crippen LogP contribution in [0, 0.1) is 5.92 Å². The number of nitrogens with one attached hydrogen (secondary N) is 4. The SMILES string of the molecule is CC(C)C[C@H](NN[C@@H](Cc1ccccc1)C(=O)CNCC(=O)CCF)C(=O)CC(=O)CNC(C)F. The Balaban J connectivity index is 2.82. The minimum Gasteiger partial charge on any atom is -0.303 e. The summed E-state index contributed by atoms with van der Waals surface area (Å²) in [7, 11) is 0. The smallest absolute Gasteiger partial charge is 0.165 e. The summed E-state index contributed by atoms with van der Waals surface area (Å²) in [6.45, 7) is 3.92. The summed E-state index contributed by atoms with van der Waals surface area (Å²) < 4.78 is 25.2. The number of hydrazine groups is 1. The van der Waals surface area contributed by atoms with Crippen molar-refractivity contribution < 1.29 is 28.0 Å². The van der Waals surface area contributed by atoms with Crippen molar-refractivity contribution >= 4 is 23.1 Å². The van der Waals surface area contributed by atoms with Crippen molar-refractivity contribution in [3.8, 4) is 0 Å². The van der Waals surface area contributed by atoms with E-state index in [-0.39, 0.29) is 55.7 Å². The zero-order chi connectivity index (χ0) is 26.2. The fraction of sp³-hybridized carbons (Fsp3) is 0.600. The molecule has 0 radical (unpaired) electrons. The Morgan fingerprint density at radius 3 is 2.11 bits per heavy atom. The van der Waals surface area contributed by atoms with Gasteiger partial charge in [-0.25, -0.2) is 15.2 Å². The Hall–Kier alpha value is -2.40. The van der Waals surface area contributed by atoms with E-state index in [1.54, 1.807) is 0 Å². The highest BCUT2D eigenvalue weighted by Gasteiger charge is 2.25. The summed E-state index contributed by atoms with van der Waals surface area (Å²) in [5, 5.41) is 5.10. The Kier molecular flexibility index (Phi) is 15.0. The van der Waals surface area contributed by atoms with Gasteiger partial charge in [0, 0.05) is 6.42 Å². The molecule has 0 aliphatic heterocycles. The van der Waals surface area contributed by atoms with E-state index in [2.05, 4.69) is 21.5 Å². The van der Waals surface area contributed by atoms with Crippen molar-refractivity contribution in [1.29, 1.82) is 0 Å². The van der Waals surface area contributed by atoms with Gasteiger partial charge in [-0.15, -0.1) is 0 Å². The second-order valence-electron chi connectivity index (χ2n) is 8.94. The lowest BCUT2D eigenvalue weighted by molar-refractivity contribution is -0.129. The molecule has 4 N–H and O–H groups in total. The number of hydrogen-bond donors (Lipinski definition) is 4. The van der Waals surface area contributed by atoms with Crippen LogP contribution < -0.4 is 21.5 Å². The first-order valence-corrected chi connectivity index (χ1v) is 11.9. The second-order valence-corrected chi connectivity index (χ2v) is 8.94. The van der Waals surface area contributed by atoms with Crippen LogP contribution in [0.25, 0.3) is 0 Å². The maximum Gasteiger partial charge on any atom is 0.165 e. The molecule has 1 aromatic carbocycles. The zero-order valence-corrected chi connectivity index (χ0v) is 20.7. The highest BCUT2D eigenvalue weighted by Crippen LogP contribution is 2.09.